The van der Waals surface area contributed by atoms with E-state index in [9.17, 15) is 23.4 Å². The van der Waals surface area contributed by atoms with Crippen LogP contribution >= 0.6 is 0 Å². The van der Waals surface area contributed by atoms with Crippen LogP contribution in [-0.2, 0) is 27.7 Å². The van der Waals surface area contributed by atoms with E-state index in [0.29, 0.717) is 11.3 Å². The third-order valence-corrected chi connectivity index (χ3v) is 6.30. The Balaban J connectivity index is 2.21. The van der Waals surface area contributed by atoms with Crippen LogP contribution in [0.2, 0.25) is 0 Å². The third kappa shape index (κ3) is 8.65. The van der Waals surface area contributed by atoms with Crippen molar-refractivity contribution >= 4 is 21.6 Å². The van der Waals surface area contributed by atoms with Crippen molar-refractivity contribution in [1.29, 1.82) is 0 Å². The molecule has 4 atom stereocenters. The molecule has 182 valence electrons. The number of carbonyl (C=O) groups excluding carboxylic acids is 1. The molecule has 0 heterocycles. The van der Waals surface area contributed by atoms with Gasteiger partial charge in [0.05, 0.1) is 42.8 Å². The normalized spacial score (nSPS) is 15.2. The first-order valence-corrected chi connectivity index (χ1v) is 12.3. The number of aliphatic hydroxyl groups excluding tert-OH is 2. The highest BCUT2D eigenvalue weighted by molar-refractivity contribution is 7.92. The van der Waals surface area contributed by atoms with E-state index in [1.165, 1.54) is 14.0 Å². The Morgan fingerprint density at radius 3 is 2.33 bits per heavy atom. The van der Waals surface area contributed by atoms with Crippen LogP contribution in [0.25, 0.3) is 0 Å². The first-order valence-electron chi connectivity index (χ1n) is 10.6. The fraction of sp³-hybridized carbons (Fsp3) is 0.435. The zero-order valence-electron chi connectivity index (χ0n) is 19.1. The summed E-state index contributed by atoms with van der Waals surface area (Å²) in [6.07, 6.45) is -1.66. The molecule has 0 radical (unpaired) electrons. The first-order chi connectivity index (χ1) is 15.5. The molecule has 0 bridgehead atoms. The van der Waals surface area contributed by atoms with Crippen molar-refractivity contribution in [2.24, 2.45) is 5.73 Å². The molecule has 0 saturated carbocycles. The number of rotatable bonds is 12. The van der Waals surface area contributed by atoms with Crippen molar-refractivity contribution in [3.05, 3.63) is 59.7 Å². The minimum atomic E-state index is -4.01. The van der Waals surface area contributed by atoms with E-state index in [1.54, 1.807) is 25.1 Å². The summed E-state index contributed by atoms with van der Waals surface area (Å²) in [6, 6.07) is 12.2. The number of carbonyl (C=O) groups is 1. The van der Waals surface area contributed by atoms with Gasteiger partial charge in [-0.3, -0.25) is 9.52 Å². The van der Waals surface area contributed by atoms with Gasteiger partial charge in [-0.2, -0.15) is 0 Å². The fourth-order valence-corrected chi connectivity index (χ4v) is 4.60. The Morgan fingerprint density at radius 2 is 1.76 bits per heavy atom. The van der Waals surface area contributed by atoms with Crippen LogP contribution in [0, 0.1) is 0 Å². The van der Waals surface area contributed by atoms with Gasteiger partial charge in [-0.15, -0.1) is 0 Å². The van der Waals surface area contributed by atoms with Crippen LogP contribution in [-0.4, -0.2) is 61.7 Å². The lowest BCUT2D eigenvalue weighted by Gasteiger charge is -2.25. The molecule has 0 unspecified atom stereocenters. The average molecular weight is 480 g/mol. The summed E-state index contributed by atoms with van der Waals surface area (Å²) in [4.78, 5) is 12.2. The number of amides is 1. The van der Waals surface area contributed by atoms with Crippen LogP contribution in [0.15, 0.2) is 48.5 Å². The Morgan fingerprint density at radius 1 is 1.09 bits per heavy atom. The van der Waals surface area contributed by atoms with E-state index in [2.05, 4.69) is 10.0 Å². The highest BCUT2D eigenvalue weighted by Crippen LogP contribution is 2.25. The molecule has 0 aliphatic heterocycles. The summed E-state index contributed by atoms with van der Waals surface area (Å²) in [7, 11) is -2.52. The quantitative estimate of drug-likeness (QED) is 0.302. The highest BCUT2D eigenvalue weighted by Gasteiger charge is 2.28. The number of nitrogens with two attached hydrogens (primary N) is 1. The number of benzene rings is 2. The summed E-state index contributed by atoms with van der Waals surface area (Å²) in [5, 5.41) is 23.2. The highest BCUT2D eigenvalue weighted by atomic mass is 32.2. The number of aliphatic hydroxyl groups is 2. The molecule has 6 N–H and O–H groups in total. The molecule has 10 heteroatoms. The van der Waals surface area contributed by atoms with Crippen molar-refractivity contribution in [2.45, 2.75) is 51.0 Å². The number of nitrogens with one attached hydrogen (secondary N) is 2. The lowest BCUT2D eigenvalue weighted by atomic mass is 10.0. The second-order valence-electron chi connectivity index (χ2n) is 8.12. The average Bonchev–Trinajstić information content (AvgIpc) is 2.74. The minimum absolute atomic E-state index is 0.207. The smallest absolute Gasteiger partial charge is 0.236 e. The van der Waals surface area contributed by atoms with E-state index in [4.69, 9.17) is 10.5 Å². The molecular weight excluding hydrogens is 446 g/mol. The maximum absolute atomic E-state index is 12.9. The Kier molecular flexibility index (Phi) is 9.66. The van der Waals surface area contributed by atoms with Gasteiger partial charge in [0.15, 0.2) is 0 Å². The Hall–Kier alpha value is -2.66. The van der Waals surface area contributed by atoms with Crippen LogP contribution in [0.3, 0.4) is 0 Å². The molecule has 0 saturated heterocycles. The van der Waals surface area contributed by atoms with E-state index in [0.717, 1.165) is 5.56 Å². The van der Waals surface area contributed by atoms with E-state index in [-0.39, 0.29) is 18.5 Å². The van der Waals surface area contributed by atoms with Crippen molar-refractivity contribution < 1.29 is 28.2 Å². The van der Waals surface area contributed by atoms with Gasteiger partial charge in [0, 0.05) is 6.42 Å². The number of ether oxygens (including phenoxy) is 1. The van der Waals surface area contributed by atoms with E-state index < -0.39 is 46.0 Å². The molecule has 2 aromatic carbocycles. The summed E-state index contributed by atoms with van der Waals surface area (Å²) < 4.78 is 33.4. The number of methoxy groups -OCH3 is 1. The fourth-order valence-electron chi connectivity index (χ4n) is 3.30. The van der Waals surface area contributed by atoms with Crippen molar-refractivity contribution in [2.75, 3.05) is 17.6 Å². The second kappa shape index (κ2) is 12.0. The minimum Gasteiger partial charge on any atom is -0.497 e. The summed E-state index contributed by atoms with van der Waals surface area (Å²) in [5.41, 5.74) is 7.29. The molecule has 0 aliphatic carbocycles. The summed E-state index contributed by atoms with van der Waals surface area (Å²) >= 11 is 0. The molecule has 2 aromatic rings. The summed E-state index contributed by atoms with van der Waals surface area (Å²) in [5.74, 6) is -0.617. The van der Waals surface area contributed by atoms with Gasteiger partial charge in [0.1, 0.15) is 5.75 Å². The molecule has 9 nitrogen and oxygen atoms in total. The van der Waals surface area contributed by atoms with Crippen molar-refractivity contribution in [1.82, 2.24) is 5.32 Å². The van der Waals surface area contributed by atoms with Gasteiger partial charge < -0.3 is 26.0 Å². The summed E-state index contributed by atoms with van der Waals surface area (Å²) in [6.45, 7) is 3.10. The molecule has 0 spiro atoms. The molecule has 2 rings (SSSR count). The molecule has 0 fully saturated rings. The molecule has 33 heavy (non-hydrogen) atoms. The number of hydrogen-bond acceptors (Lipinski definition) is 7. The SMILES string of the molecule is COc1ccc(NS(=O)(=O)C[C@H](O)[C@H](Cc2ccccc2)NC(=O)[C@@H](C)N)c(C[C@H](C)O)c1. The van der Waals surface area contributed by atoms with Crippen LogP contribution in [0.1, 0.15) is 25.0 Å². The molecule has 1 amide bonds. The monoisotopic (exact) mass is 479 g/mol. The van der Waals surface area contributed by atoms with Crippen LogP contribution in [0.5, 0.6) is 5.75 Å². The van der Waals surface area contributed by atoms with Gasteiger partial charge in [-0.05, 0) is 49.6 Å². The van der Waals surface area contributed by atoms with Crippen LogP contribution in [0.4, 0.5) is 5.69 Å². The van der Waals surface area contributed by atoms with Crippen LogP contribution < -0.4 is 20.5 Å². The number of sulfonamides is 1. The maximum atomic E-state index is 12.9. The van der Waals surface area contributed by atoms with Gasteiger partial charge in [-0.1, -0.05) is 30.3 Å². The number of hydrogen-bond donors (Lipinski definition) is 5. The van der Waals surface area contributed by atoms with Gasteiger partial charge in [0.2, 0.25) is 15.9 Å². The predicted octanol–water partition coefficient (Wildman–Crippen LogP) is 0.796. The number of anilines is 1. The van der Waals surface area contributed by atoms with E-state index >= 15 is 0 Å². The third-order valence-electron chi connectivity index (χ3n) is 4.99. The lowest BCUT2D eigenvalue weighted by molar-refractivity contribution is -0.123. The van der Waals surface area contributed by atoms with Gasteiger partial charge in [-0.25, -0.2) is 8.42 Å². The molecule has 0 aliphatic rings. The standard InChI is InChI=1S/C23H33N3O6S/c1-15(27)11-18-13-19(32-3)9-10-20(18)26-33(30,31)14-22(28)21(25-23(29)16(2)24)12-17-7-5-4-6-8-17/h4-10,13,15-16,21-22,26-28H,11-12,14,24H2,1-3H3,(H,25,29)/t15-,16+,21-,22-/m0/s1. The maximum Gasteiger partial charge on any atom is 0.236 e. The zero-order valence-corrected chi connectivity index (χ0v) is 19.9. The van der Waals surface area contributed by atoms with Crippen molar-refractivity contribution in [3.63, 3.8) is 0 Å². The molecular formula is C23H33N3O6S. The Bertz CT molecular complexity index is 1010. The largest absolute Gasteiger partial charge is 0.497 e. The van der Waals surface area contributed by atoms with E-state index in [1.807, 2.05) is 30.3 Å². The topological polar surface area (TPSA) is 151 Å². The Labute approximate surface area is 195 Å². The van der Waals surface area contributed by atoms with Gasteiger partial charge in [0.25, 0.3) is 0 Å². The van der Waals surface area contributed by atoms with Crippen molar-refractivity contribution in [3.8, 4) is 5.75 Å². The zero-order chi connectivity index (χ0) is 24.6. The first kappa shape index (κ1) is 26.6. The lowest BCUT2D eigenvalue weighted by Crippen LogP contribution is -2.52. The molecule has 0 aromatic heterocycles. The second-order valence-corrected chi connectivity index (χ2v) is 9.89. The predicted molar refractivity (Wildman–Crippen MR) is 128 cm³/mol. The van der Waals surface area contributed by atoms with Gasteiger partial charge >= 0.3 is 0 Å².